The predicted molar refractivity (Wildman–Crippen MR) is 76.5 cm³/mol. The highest BCUT2D eigenvalue weighted by molar-refractivity contribution is 5.32. The molecule has 0 aliphatic rings. The normalized spacial score (nSPS) is 10.3. The maximum Gasteiger partial charge on any atom is 0.129 e. The van der Waals surface area contributed by atoms with Gasteiger partial charge in [0.1, 0.15) is 23.9 Å². The predicted octanol–water partition coefficient (Wildman–Crippen LogP) is 3.13. The maximum absolute atomic E-state index is 13.7. The zero-order chi connectivity index (χ0) is 14.4. The molecule has 0 fully saturated rings. The van der Waals surface area contributed by atoms with Gasteiger partial charge in [-0.2, -0.15) is 0 Å². The van der Waals surface area contributed by atoms with E-state index in [1.54, 1.807) is 25.3 Å². The van der Waals surface area contributed by atoms with Crippen molar-refractivity contribution < 1.29 is 13.9 Å². The Morgan fingerprint density at radius 3 is 2.40 bits per heavy atom. The Labute approximate surface area is 118 Å². The van der Waals surface area contributed by atoms with Crippen molar-refractivity contribution in [2.75, 3.05) is 14.2 Å². The summed E-state index contributed by atoms with van der Waals surface area (Å²) in [7, 11) is 3.47. The molecule has 0 spiro atoms. The molecule has 106 valence electrons. The molecule has 0 radical (unpaired) electrons. The minimum absolute atomic E-state index is 0.204. The molecule has 0 aliphatic carbocycles. The Morgan fingerprint density at radius 2 is 1.75 bits per heavy atom. The quantitative estimate of drug-likeness (QED) is 0.878. The lowest BCUT2D eigenvalue weighted by atomic mass is 10.1. The summed E-state index contributed by atoms with van der Waals surface area (Å²) in [5.74, 6) is 1.20. The van der Waals surface area contributed by atoms with Crippen LogP contribution in [0, 0.1) is 5.82 Å². The smallest absolute Gasteiger partial charge is 0.129 e. The minimum atomic E-state index is -0.252. The molecule has 3 nitrogen and oxygen atoms in total. The number of ether oxygens (including phenoxy) is 2. The lowest BCUT2D eigenvalue weighted by Crippen LogP contribution is -2.07. The van der Waals surface area contributed by atoms with Crippen molar-refractivity contribution >= 4 is 0 Å². The number of halogens is 1. The van der Waals surface area contributed by atoms with E-state index in [0.717, 1.165) is 11.3 Å². The molecule has 0 aliphatic heterocycles. The van der Waals surface area contributed by atoms with E-state index in [1.165, 1.54) is 6.07 Å². The summed E-state index contributed by atoms with van der Waals surface area (Å²) in [6.45, 7) is 0.908. The van der Waals surface area contributed by atoms with Crippen LogP contribution in [-0.4, -0.2) is 14.2 Å². The van der Waals surface area contributed by atoms with Gasteiger partial charge >= 0.3 is 0 Å². The van der Waals surface area contributed by atoms with Gasteiger partial charge in [-0.1, -0.05) is 6.07 Å². The van der Waals surface area contributed by atoms with Crippen LogP contribution in [-0.2, 0) is 13.2 Å². The van der Waals surface area contributed by atoms with Gasteiger partial charge in [-0.15, -0.1) is 0 Å². The van der Waals surface area contributed by atoms with Crippen molar-refractivity contribution in [3.05, 3.63) is 59.4 Å². The average Bonchev–Trinajstić information content (AvgIpc) is 2.48. The second-order valence-electron chi connectivity index (χ2n) is 4.42. The van der Waals surface area contributed by atoms with Crippen molar-refractivity contribution in [1.82, 2.24) is 5.32 Å². The summed E-state index contributed by atoms with van der Waals surface area (Å²) in [6, 6.07) is 12.3. The Morgan fingerprint density at radius 1 is 1.05 bits per heavy atom. The average molecular weight is 275 g/mol. The first-order valence-electron chi connectivity index (χ1n) is 6.41. The third-order valence-corrected chi connectivity index (χ3v) is 2.94. The summed E-state index contributed by atoms with van der Waals surface area (Å²) in [5.41, 5.74) is 1.58. The topological polar surface area (TPSA) is 30.5 Å². The molecule has 2 aromatic rings. The highest BCUT2D eigenvalue weighted by Crippen LogP contribution is 2.19. The molecule has 0 aromatic heterocycles. The van der Waals surface area contributed by atoms with Crippen LogP contribution in [0.2, 0.25) is 0 Å². The fourth-order valence-corrected chi connectivity index (χ4v) is 1.89. The number of hydrogen-bond acceptors (Lipinski definition) is 3. The summed E-state index contributed by atoms with van der Waals surface area (Å²) in [5, 5.41) is 3.04. The van der Waals surface area contributed by atoms with Crippen LogP contribution < -0.4 is 14.8 Å². The van der Waals surface area contributed by atoms with Gasteiger partial charge in [0, 0.05) is 12.1 Å². The Hall–Kier alpha value is -2.07. The number of hydrogen-bond donors (Lipinski definition) is 1. The highest BCUT2D eigenvalue weighted by Gasteiger charge is 2.05. The molecule has 0 bridgehead atoms. The Bertz CT molecular complexity index is 555. The van der Waals surface area contributed by atoms with E-state index >= 15 is 0 Å². The lowest BCUT2D eigenvalue weighted by Gasteiger charge is -2.09. The van der Waals surface area contributed by atoms with Crippen molar-refractivity contribution in [2.24, 2.45) is 0 Å². The molecule has 0 atom stereocenters. The van der Waals surface area contributed by atoms with E-state index in [9.17, 15) is 4.39 Å². The molecule has 0 saturated carbocycles. The summed E-state index contributed by atoms with van der Waals surface area (Å²) in [4.78, 5) is 0. The molecule has 20 heavy (non-hydrogen) atoms. The van der Waals surface area contributed by atoms with Gasteiger partial charge < -0.3 is 14.8 Å². The van der Waals surface area contributed by atoms with Gasteiger partial charge in [0.15, 0.2) is 0 Å². The van der Waals surface area contributed by atoms with Crippen LogP contribution in [0.15, 0.2) is 42.5 Å². The SMILES string of the molecule is CNCc1ccc(F)c(COc2ccc(OC)cc2)c1. The third kappa shape index (κ3) is 3.71. The molecule has 2 rings (SSSR count). The molecule has 2 aromatic carbocycles. The molecule has 0 heterocycles. The minimum Gasteiger partial charge on any atom is -0.497 e. The second-order valence-corrected chi connectivity index (χ2v) is 4.42. The standard InChI is InChI=1S/C16H18FNO2/c1-18-10-12-3-8-16(17)13(9-12)11-20-15-6-4-14(19-2)5-7-15/h3-9,18H,10-11H2,1-2H3. The summed E-state index contributed by atoms with van der Waals surface area (Å²) < 4.78 is 24.4. The second kappa shape index (κ2) is 6.91. The zero-order valence-corrected chi connectivity index (χ0v) is 11.7. The number of methoxy groups -OCH3 is 1. The molecule has 4 heteroatoms. The van der Waals surface area contributed by atoms with Crippen molar-refractivity contribution in [1.29, 1.82) is 0 Å². The number of rotatable bonds is 6. The van der Waals surface area contributed by atoms with E-state index in [2.05, 4.69) is 5.32 Å². The first-order valence-corrected chi connectivity index (χ1v) is 6.41. The Kier molecular flexibility index (Phi) is 4.96. The van der Waals surface area contributed by atoms with Crippen LogP contribution in [0.25, 0.3) is 0 Å². The van der Waals surface area contributed by atoms with Gasteiger partial charge in [-0.3, -0.25) is 0 Å². The lowest BCUT2D eigenvalue weighted by molar-refractivity contribution is 0.299. The van der Waals surface area contributed by atoms with Crippen molar-refractivity contribution in [3.63, 3.8) is 0 Å². The molecule has 0 saturated heterocycles. The zero-order valence-electron chi connectivity index (χ0n) is 11.7. The largest absolute Gasteiger partial charge is 0.497 e. The van der Waals surface area contributed by atoms with Gasteiger partial charge in [-0.05, 0) is 49.0 Å². The van der Waals surface area contributed by atoms with Crippen LogP contribution in [0.5, 0.6) is 11.5 Å². The molecular weight excluding hydrogens is 257 g/mol. The molecule has 1 N–H and O–H groups in total. The third-order valence-electron chi connectivity index (χ3n) is 2.94. The van der Waals surface area contributed by atoms with Crippen LogP contribution in [0.4, 0.5) is 4.39 Å². The van der Waals surface area contributed by atoms with Crippen molar-refractivity contribution in [3.8, 4) is 11.5 Å². The van der Waals surface area contributed by atoms with E-state index in [4.69, 9.17) is 9.47 Å². The maximum atomic E-state index is 13.7. The van der Waals surface area contributed by atoms with Crippen LogP contribution in [0.3, 0.4) is 0 Å². The van der Waals surface area contributed by atoms with E-state index in [0.29, 0.717) is 17.9 Å². The van der Waals surface area contributed by atoms with Crippen LogP contribution >= 0.6 is 0 Å². The Balaban J connectivity index is 2.03. The van der Waals surface area contributed by atoms with E-state index in [1.807, 2.05) is 25.2 Å². The van der Waals surface area contributed by atoms with Gasteiger partial charge in [0.25, 0.3) is 0 Å². The first kappa shape index (κ1) is 14.3. The van der Waals surface area contributed by atoms with Crippen LogP contribution in [0.1, 0.15) is 11.1 Å². The summed E-state index contributed by atoms with van der Waals surface area (Å²) >= 11 is 0. The number of benzene rings is 2. The fourth-order valence-electron chi connectivity index (χ4n) is 1.89. The van der Waals surface area contributed by atoms with Gasteiger partial charge in [0.05, 0.1) is 7.11 Å². The first-order chi connectivity index (χ1) is 9.72. The highest BCUT2D eigenvalue weighted by atomic mass is 19.1. The van der Waals surface area contributed by atoms with Crippen molar-refractivity contribution in [2.45, 2.75) is 13.2 Å². The fraction of sp³-hybridized carbons (Fsp3) is 0.250. The molecule has 0 amide bonds. The van der Waals surface area contributed by atoms with E-state index < -0.39 is 0 Å². The summed E-state index contributed by atoms with van der Waals surface area (Å²) in [6.07, 6.45) is 0. The molecule has 0 unspecified atom stereocenters. The molecular formula is C16H18FNO2. The number of nitrogens with one attached hydrogen (secondary N) is 1. The van der Waals surface area contributed by atoms with Gasteiger partial charge in [0.2, 0.25) is 0 Å². The van der Waals surface area contributed by atoms with E-state index in [-0.39, 0.29) is 12.4 Å². The van der Waals surface area contributed by atoms with Gasteiger partial charge in [-0.25, -0.2) is 4.39 Å². The monoisotopic (exact) mass is 275 g/mol.